The van der Waals surface area contributed by atoms with E-state index >= 15 is 0 Å². The number of nitrogens with zero attached hydrogens (tertiary/aromatic N) is 2. The smallest absolute Gasteiger partial charge is 0.412 e. The predicted molar refractivity (Wildman–Crippen MR) is 113 cm³/mol. The van der Waals surface area contributed by atoms with E-state index in [1.54, 1.807) is 0 Å². The molecule has 0 spiro atoms. The van der Waals surface area contributed by atoms with Gasteiger partial charge in [-0.1, -0.05) is 23.7 Å². The Labute approximate surface area is 165 Å². The lowest BCUT2D eigenvalue weighted by molar-refractivity contribution is 0.0636. The number of benzene rings is 1. The first-order valence-corrected chi connectivity index (χ1v) is 9.18. The summed E-state index contributed by atoms with van der Waals surface area (Å²) in [6, 6.07) is 5.75. The molecule has 144 valence electrons. The van der Waals surface area contributed by atoms with Gasteiger partial charge in [-0.15, -0.1) is 0 Å². The fourth-order valence-electron chi connectivity index (χ4n) is 2.56. The topological polar surface area (TPSA) is 63.0 Å². The quantitative estimate of drug-likeness (QED) is 0.661. The van der Waals surface area contributed by atoms with Crippen molar-refractivity contribution < 1.29 is 9.53 Å². The molecule has 1 amide bonds. The van der Waals surface area contributed by atoms with Gasteiger partial charge in [0.1, 0.15) is 5.60 Å². The number of carbonyl (C=O) groups is 1. The second-order valence-corrected chi connectivity index (χ2v) is 8.16. The van der Waals surface area contributed by atoms with E-state index in [9.17, 15) is 4.79 Å². The van der Waals surface area contributed by atoms with E-state index in [1.165, 1.54) is 0 Å². The van der Waals surface area contributed by atoms with E-state index < -0.39 is 11.7 Å². The van der Waals surface area contributed by atoms with Gasteiger partial charge in [0.05, 0.1) is 5.71 Å². The third-order valence-electron chi connectivity index (χ3n) is 3.71. The number of hydrogen-bond acceptors (Lipinski definition) is 4. The Morgan fingerprint density at radius 2 is 1.93 bits per heavy atom. The van der Waals surface area contributed by atoms with Gasteiger partial charge in [-0.3, -0.25) is 5.32 Å². The van der Waals surface area contributed by atoms with Crippen LogP contribution in [0.1, 0.15) is 52.7 Å². The van der Waals surface area contributed by atoms with Crippen molar-refractivity contribution in [2.45, 2.75) is 53.6 Å². The standard InChI is InChI=1S/C21H26ClN3O2/c1-13(7-8-14(2)22)19-18-12-17(23-20(26)27-21(4,5)6)10-9-16(18)11-15(3)24-25-19/h7-10,12H,11H2,1-6H3,(H,23,26). The molecule has 0 saturated carbocycles. The average Bonchev–Trinajstić information content (AvgIpc) is 2.69. The first kappa shape index (κ1) is 20.9. The first-order valence-electron chi connectivity index (χ1n) is 8.80. The van der Waals surface area contributed by atoms with Crippen LogP contribution >= 0.6 is 11.6 Å². The molecule has 1 aliphatic heterocycles. The molecule has 6 heteroatoms. The van der Waals surface area contributed by atoms with Crippen LogP contribution in [0.5, 0.6) is 0 Å². The van der Waals surface area contributed by atoms with Crippen molar-refractivity contribution in [2.24, 2.45) is 10.2 Å². The van der Waals surface area contributed by atoms with Crippen molar-refractivity contribution in [3.8, 4) is 0 Å². The molecule has 0 fully saturated rings. The van der Waals surface area contributed by atoms with Crippen molar-refractivity contribution in [1.82, 2.24) is 0 Å². The second-order valence-electron chi connectivity index (χ2n) is 7.56. The Bertz CT molecular complexity index is 855. The molecule has 2 rings (SSSR count). The fraction of sp³-hybridized carbons (Fsp3) is 0.381. The van der Waals surface area contributed by atoms with Crippen LogP contribution in [-0.4, -0.2) is 23.1 Å². The van der Waals surface area contributed by atoms with Crippen LogP contribution in [0.4, 0.5) is 10.5 Å². The van der Waals surface area contributed by atoms with Crippen molar-refractivity contribution in [3.63, 3.8) is 0 Å². The van der Waals surface area contributed by atoms with E-state index in [-0.39, 0.29) is 0 Å². The van der Waals surface area contributed by atoms with Crippen molar-refractivity contribution in [1.29, 1.82) is 0 Å². The lowest BCUT2D eigenvalue weighted by Gasteiger charge is -2.20. The van der Waals surface area contributed by atoms with Gasteiger partial charge in [0.2, 0.25) is 0 Å². The number of hydrogen-bond donors (Lipinski definition) is 1. The van der Waals surface area contributed by atoms with Crippen molar-refractivity contribution in [3.05, 3.63) is 52.1 Å². The highest BCUT2D eigenvalue weighted by atomic mass is 35.5. The van der Waals surface area contributed by atoms with E-state index in [0.29, 0.717) is 17.1 Å². The monoisotopic (exact) mass is 387 g/mol. The number of rotatable bonds is 3. The molecular formula is C21H26ClN3O2. The number of halogens is 1. The van der Waals surface area contributed by atoms with Gasteiger partial charge < -0.3 is 4.74 Å². The summed E-state index contributed by atoms with van der Waals surface area (Å²) in [7, 11) is 0. The van der Waals surface area contributed by atoms with Gasteiger partial charge in [0, 0.05) is 28.4 Å². The zero-order chi connectivity index (χ0) is 20.2. The number of carbonyl (C=O) groups excluding carboxylic acids is 1. The molecule has 1 aromatic carbocycles. The molecule has 5 nitrogen and oxygen atoms in total. The van der Waals surface area contributed by atoms with E-state index in [4.69, 9.17) is 16.3 Å². The lowest BCUT2D eigenvalue weighted by atomic mass is 9.95. The van der Waals surface area contributed by atoms with Crippen LogP contribution < -0.4 is 5.32 Å². The van der Waals surface area contributed by atoms with E-state index in [0.717, 1.165) is 28.1 Å². The summed E-state index contributed by atoms with van der Waals surface area (Å²) in [4.78, 5) is 12.1. The van der Waals surface area contributed by atoms with Gasteiger partial charge in [0.15, 0.2) is 0 Å². The van der Waals surface area contributed by atoms with E-state index in [1.807, 2.05) is 71.9 Å². The van der Waals surface area contributed by atoms with Crippen LogP contribution in [-0.2, 0) is 11.2 Å². The fourth-order valence-corrected chi connectivity index (χ4v) is 2.62. The molecule has 0 saturated heterocycles. The summed E-state index contributed by atoms with van der Waals surface area (Å²) >= 11 is 5.94. The second kappa shape index (κ2) is 8.53. The maximum Gasteiger partial charge on any atom is 0.412 e. The van der Waals surface area contributed by atoms with Crippen LogP contribution in [0.15, 0.2) is 51.2 Å². The van der Waals surface area contributed by atoms with Crippen molar-refractivity contribution in [2.75, 3.05) is 5.32 Å². The molecule has 0 radical (unpaired) electrons. The summed E-state index contributed by atoms with van der Waals surface area (Å²) in [5, 5.41) is 12.2. The Morgan fingerprint density at radius 3 is 2.56 bits per heavy atom. The van der Waals surface area contributed by atoms with Crippen LogP contribution in [0.25, 0.3) is 0 Å². The number of allylic oxidation sites excluding steroid dienone is 4. The molecule has 0 aliphatic carbocycles. The van der Waals surface area contributed by atoms with Gasteiger partial charge in [-0.05, 0) is 70.9 Å². The third-order valence-corrected chi connectivity index (χ3v) is 3.84. The number of fused-ring (bicyclic) bond motifs is 1. The predicted octanol–water partition coefficient (Wildman–Crippen LogP) is 5.84. The number of amides is 1. The van der Waals surface area contributed by atoms with Crippen LogP contribution in [0.2, 0.25) is 0 Å². The molecule has 0 aromatic heterocycles. The van der Waals surface area contributed by atoms with Gasteiger partial charge >= 0.3 is 6.09 Å². The summed E-state index contributed by atoms with van der Waals surface area (Å²) in [5.41, 5.74) is 4.73. The molecule has 1 aliphatic rings. The third kappa shape index (κ3) is 6.36. The van der Waals surface area contributed by atoms with Gasteiger partial charge in [-0.2, -0.15) is 10.2 Å². The molecule has 27 heavy (non-hydrogen) atoms. The summed E-state index contributed by atoms with van der Waals surface area (Å²) < 4.78 is 5.33. The summed E-state index contributed by atoms with van der Waals surface area (Å²) in [5.74, 6) is 0. The maximum atomic E-state index is 12.1. The average molecular weight is 388 g/mol. The molecule has 1 aromatic rings. The minimum atomic E-state index is -0.557. The highest BCUT2D eigenvalue weighted by Gasteiger charge is 2.19. The Hall–Kier alpha value is -2.40. The molecule has 0 unspecified atom stereocenters. The minimum Gasteiger partial charge on any atom is -0.444 e. The maximum absolute atomic E-state index is 12.1. The Kier molecular flexibility index (Phi) is 6.60. The first-order chi connectivity index (χ1) is 12.5. The van der Waals surface area contributed by atoms with Crippen LogP contribution in [0.3, 0.4) is 0 Å². The van der Waals surface area contributed by atoms with E-state index in [2.05, 4.69) is 15.5 Å². The zero-order valence-electron chi connectivity index (χ0n) is 16.7. The summed E-state index contributed by atoms with van der Waals surface area (Å²) in [6.45, 7) is 11.2. The SMILES string of the molecule is CC(Cl)=CC=C(C)C1=NN=C(C)Cc2ccc(NC(=O)OC(C)(C)C)cc21. The lowest BCUT2D eigenvalue weighted by Crippen LogP contribution is -2.27. The van der Waals surface area contributed by atoms with Crippen molar-refractivity contribution >= 4 is 34.8 Å². The minimum absolute atomic E-state index is 0.491. The largest absolute Gasteiger partial charge is 0.444 e. The Balaban J connectivity index is 2.40. The highest BCUT2D eigenvalue weighted by molar-refractivity contribution is 6.29. The molecule has 0 atom stereocenters. The molecular weight excluding hydrogens is 362 g/mol. The summed E-state index contributed by atoms with van der Waals surface area (Å²) in [6.07, 6.45) is 3.94. The van der Waals surface area contributed by atoms with Gasteiger partial charge in [-0.25, -0.2) is 4.79 Å². The zero-order valence-corrected chi connectivity index (χ0v) is 17.4. The normalized spacial score (nSPS) is 15.4. The Morgan fingerprint density at radius 1 is 1.22 bits per heavy atom. The molecule has 1 heterocycles. The van der Waals surface area contributed by atoms with Crippen LogP contribution in [0, 0.1) is 0 Å². The number of ether oxygens (including phenoxy) is 1. The molecule has 0 bridgehead atoms. The number of nitrogens with one attached hydrogen (secondary N) is 1. The number of anilines is 1. The highest BCUT2D eigenvalue weighted by Crippen LogP contribution is 2.24. The molecule has 1 N–H and O–H groups in total. The van der Waals surface area contributed by atoms with Gasteiger partial charge in [0.25, 0.3) is 0 Å².